The molecule has 0 spiro atoms. The van der Waals surface area contributed by atoms with Crippen molar-refractivity contribution in [2.45, 2.75) is 53.2 Å². The molecule has 0 saturated carbocycles. The lowest BCUT2D eigenvalue weighted by molar-refractivity contribution is 0.258. The molecule has 0 aliphatic carbocycles. The highest BCUT2D eigenvalue weighted by Crippen LogP contribution is 2.32. The van der Waals surface area contributed by atoms with E-state index in [0.717, 1.165) is 44.4 Å². The van der Waals surface area contributed by atoms with Gasteiger partial charge in [0.25, 0.3) is 5.89 Å². The van der Waals surface area contributed by atoms with Gasteiger partial charge in [0.1, 0.15) is 17.8 Å². The molecule has 0 aliphatic rings. The standard InChI is InChI=1S/C30H29N5O2/c1-18-14-19(2)28-22(15-18)27-29(32-24-9-7-6-8-23(24)31-27)35(28)16-25-33-34-26(37-25)17-36-21-12-10-20(11-13-21)30(3,4)5/h6-15H,16-17H2,1-5H3. The lowest BCUT2D eigenvalue weighted by Gasteiger charge is -2.19. The lowest BCUT2D eigenvalue weighted by Crippen LogP contribution is -2.10. The number of aromatic nitrogens is 5. The summed E-state index contributed by atoms with van der Waals surface area (Å²) in [4.78, 5) is 9.94. The first-order valence-electron chi connectivity index (χ1n) is 12.5. The zero-order valence-electron chi connectivity index (χ0n) is 21.7. The highest BCUT2D eigenvalue weighted by Gasteiger charge is 2.19. The van der Waals surface area contributed by atoms with Gasteiger partial charge in [0, 0.05) is 5.39 Å². The van der Waals surface area contributed by atoms with Crippen molar-refractivity contribution in [2.24, 2.45) is 0 Å². The van der Waals surface area contributed by atoms with Crippen LogP contribution in [-0.2, 0) is 18.6 Å². The fourth-order valence-electron chi connectivity index (χ4n) is 4.86. The summed E-state index contributed by atoms with van der Waals surface area (Å²) < 4.78 is 14.0. The molecule has 0 atom stereocenters. The van der Waals surface area contributed by atoms with Crippen LogP contribution in [0.25, 0.3) is 33.1 Å². The zero-order valence-corrected chi connectivity index (χ0v) is 21.7. The molecule has 7 heteroatoms. The summed E-state index contributed by atoms with van der Waals surface area (Å²) >= 11 is 0. The molecule has 3 aromatic heterocycles. The second kappa shape index (κ2) is 8.69. The molecule has 0 N–H and O–H groups in total. The first kappa shape index (κ1) is 23.2. The molecule has 0 unspecified atom stereocenters. The predicted octanol–water partition coefficient (Wildman–Crippen LogP) is 6.66. The van der Waals surface area contributed by atoms with Crippen LogP contribution in [0.4, 0.5) is 0 Å². The Bertz CT molecular complexity index is 1760. The fraction of sp³-hybridized carbons (Fsp3) is 0.267. The molecule has 6 aromatic rings. The first-order chi connectivity index (χ1) is 17.8. The van der Waals surface area contributed by atoms with E-state index in [1.54, 1.807) is 0 Å². The molecular formula is C30H29N5O2. The van der Waals surface area contributed by atoms with Gasteiger partial charge in [-0.05, 0) is 60.7 Å². The number of rotatable bonds is 5. The van der Waals surface area contributed by atoms with E-state index in [1.807, 2.05) is 36.4 Å². The SMILES string of the molecule is Cc1cc(C)c2c(c1)c1nc3ccccc3nc1n2Cc1nnc(COc2ccc(C(C)(C)C)cc2)o1. The van der Waals surface area contributed by atoms with E-state index in [9.17, 15) is 0 Å². The third-order valence-electron chi connectivity index (χ3n) is 6.66. The summed E-state index contributed by atoms with van der Waals surface area (Å²) in [5, 5.41) is 9.61. The summed E-state index contributed by atoms with van der Waals surface area (Å²) in [7, 11) is 0. The Hall–Kier alpha value is -4.26. The monoisotopic (exact) mass is 491 g/mol. The maximum atomic E-state index is 5.99. The van der Waals surface area contributed by atoms with Crippen molar-refractivity contribution in [1.29, 1.82) is 0 Å². The molecule has 0 bridgehead atoms. The van der Waals surface area contributed by atoms with Gasteiger partial charge in [0.2, 0.25) is 5.89 Å². The summed E-state index contributed by atoms with van der Waals surface area (Å²) in [5.41, 5.74) is 8.18. The van der Waals surface area contributed by atoms with Crippen LogP contribution in [0.3, 0.4) is 0 Å². The van der Waals surface area contributed by atoms with Crippen LogP contribution in [0.2, 0.25) is 0 Å². The minimum atomic E-state index is 0.0977. The maximum Gasteiger partial charge on any atom is 0.253 e. The molecule has 0 aliphatic heterocycles. The van der Waals surface area contributed by atoms with Crippen molar-refractivity contribution >= 4 is 33.1 Å². The van der Waals surface area contributed by atoms with Crippen LogP contribution < -0.4 is 4.74 Å². The van der Waals surface area contributed by atoms with Gasteiger partial charge in [-0.1, -0.05) is 56.7 Å². The normalized spacial score (nSPS) is 12.1. The highest BCUT2D eigenvalue weighted by molar-refractivity contribution is 6.07. The largest absolute Gasteiger partial charge is 0.484 e. The van der Waals surface area contributed by atoms with Gasteiger partial charge in [0.15, 0.2) is 12.3 Å². The van der Waals surface area contributed by atoms with Crippen LogP contribution in [0.5, 0.6) is 5.75 Å². The van der Waals surface area contributed by atoms with Crippen molar-refractivity contribution in [3.8, 4) is 5.75 Å². The van der Waals surface area contributed by atoms with Gasteiger partial charge in [-0.25, -0.2) is 9.97 Å². The Morgan fingerprint density at radius 3 is 2.30 bits per heavy atom. The van der Waals surface area contributed by atoms with Crippen molar-refractivity contribution in [2.75, 3.05) is 0 Å². The Balaban J connectivity index is 1.32. The van der Waals surface area contributed by atoms with Crippen molar-refractivity contribution < 1.29 is 9.15 Å². The molecule has 6 rings (SSSR count). The molecule has 0 saturated heterocycles. The quantitative estimate of drug-likeness (QED) is 0.268. The molecule has 3 heterocycles. The summed E-state index contributed by atoms with van der Waals surface area (Å²) in [6.07, 6.45) is 0. The molecule has 37 heavy (non-hydrogen) atoms. The van der Waals surface area contributed by atoms with Gasteiger partial charge < -0.3 is 13.7 Å². The van der Waals surface area contributed by atoms with Crippen molar-refractivity contribution in [1.82, 2.24) is 24.7 Å². The number of ether oxygens (including phenoxy) is 1. The minimum absolute atomic E-state index is 0.0977. The molecular weight excluding hydrogens is 462 g/mol. The Kier molecular flexibility index (Phi) is 5.44. The predicted molar refractivity (Wildman–Crippen MR) is 145 cm³/mol. The number of hydrogen-bond acceptors (Lipinski definition) is 6. The van der Waals surface area contributed by atoms with E-state index in [0.29, 0.717) is 18.3 Å². The van der Waals surface area contributed by atoms with Crippen LogP contribution in [0.1, 0.15) is 49.2 Å². The molecule has 0 fully saturated rings. The second-order valence-corrected chi connectivity index (χ2v) is 10.6. The number of para-hydroxylation sites is 2. The van der Waals surface area contributed by atoms with Crippen molar-refractivity contribution in [3.63, 3.8) is 0 Å². The Morgan fingerprint density at radius 2 is 1.57 bits per heavy atom. The average Bonchev–Trinajstić information content (AvgIpc) is 3.44. The third kappa shape index (κ3) is 4.31. The van der Waals surface area contributed by atoms with E-state index < -0.39 is 0 Å². The van der Waals surface area contributed by atoms with Gasteiger partial charge in [-0.15, -0.1) is 10.2 Å². The van der Waals surface area contributed by atoms with Gasteiger partial charge in [-0.2, -0.15) is 0 Å². The summed E-state index contributed by atoms with van der Waals surface area (Å²) in [5.74, 6) is 1.69. The Morgan fingerprint density at radius 1 is 0.865 bits per heavy atom. The lowest BCUT2D eigenvalue weighted by atomic mass is 9.87. The second-order valence-electron chi connectivity index (χ2n) is 10.6. The van der Waals surface area contributed by atoms with Crippen LogP contribution in [0.15, 0.2) is 65.1 Å². The molecule has 186 valence electrons. The highest BCUT2D eigenvalue weighted by atomic mass is 16.5. The van der Waals surface area contributed by atoms with E-state index >= 15 is 0 Å². The van der Waals surface area contributed by atoms with Gasteiger partial charge in [0.05, 0.1) is 16.6 Å². The van der Waals surface area contributed by atoms with Crippen LogP contribution in [0, 0.1) is 13.8 Å². The van der Waals surface area contributed by atoms with E-state index in [2.05, 4.69) is 73.6 Å². The molecule has 0 radical (unpaired) electrons. The van der Waals surface area contributed by atoms with Crippen LogP contribution in [-0.4, -0.2) is 24.7 Å². The molecule has 0 amide bonds. The first-order valence-corrected chi connectivity index (χ1v) is 12.5. The smallest absolute Gasteiger partial charge is 0.253 e. The van der Waals surface area contributed by atoms with Gasteiger partial charge in [-0.3, -0.25) is 0 Å². The van der Waals surface area contributed by atoms with E-state index in [1.165, 1.54) is 11.1 Å². The molecule has 7 nitrogen and oxygen atoms in total. The maximum absolute atomic E-state index is 5.99. The van der Waals surface area contributed by atoms with E-state index in [-0.39, 0.29) is 12.0 Å². The minimum Gasteiger partial charge on any atom is -0.484 e. The number of benzene rings is 3. The number of hydrogen-bond donors (Lipinski definition) is 0. The summed E-state index contributed by atoms with van der Waals surface area (Å²) in [6.45, 7) is 11.4. The number of nitrogens with zero attached hydrogens (tertiary/aromatic N) is 5. The number of fused-ring (bicyclic) bond motifs is 4. The van der Waals surface area contributed by atoms with Crippen LogP contribution >= 0.6 is 0 Å². The average molecular weight is 492 g/mol. The summed E-state index contributed by atoms with van der Waals surface area (Å²) in [6, 6.07) is 20.4. The fourth-order valence-corrected chi connectivity index (χ4v) is 4.86. The van der Waals surface area contributed by atoms with Gasteiger partial charge >= 0.3 is 0 Å². The number of aryl methyl sites for hydroxylation is 2. The Labute approximate surface area is 215 Å². The van der Waals surface area contributed by atoms with Crippen molar-refractivity contribution in [3.05, 3.63) is 89.1 Å². The van der Waals surface area contributed by atoms with E-state index in [4.69, 9.17) is 19.1 Å². The zero-order chi connectivity index (χ0) is 25.7. The topological polar surface area (TPSA) is 78.9 Å². The third-order valence-corrected chi connectivity index (χ3v) is 6.66. The molecule has 3 aromatic carbocycles.